The molecule has 1 unspecified atom stereocenters. The highest BCUT2D eigenvalue weighted by atomic mass is 32.1. The van der Waals surface area contributed by atoms with Gasteiger partial charge in [0.25, 0.3) is 0 Å². The fourth-order valence-corrected chi connectivity index (χ4v) is 4.62. The molecule has 24 heavy (non-hydrogen) atoms. The largest absolute Gasteiger partial charge is 0.353 e. The molecule has 3 fully saturated rings. The summed E-state index contributed by atoms with van der Waals surface area (Å²) in [5.74, 6) is 0.570. The summed E-state index contributed by atoms with van der Waals surface area (Å²) in [5.41, 5.74) is 1.05. The van der Waals surface area contributed by atoms with Crippen molar-refractivity contribution in [2.45, 2.75) is 63.1 Å². The summed E-state index contributed by atoms with van der Waals surface area (Å²) in [5, 5.41) is 7.52. The minimum atomic E-state index is 0.275. The number of nitrogens with zero attached hydrogens (tertiary/aromatic N) is 1. The van der Waals surface area contributed by atoms with Gasteiger partial charge in [0, 0.05) is 29.7 Å². The summed E-state index contributed by atoms with van der Waals surface area (Å²) in [6.45, 7) is 0. The molecule has 1 aromatic carbocycles. The van der Waals surface area contributed by atoms with Crippen LogP contribution in [-0.4, -0.2) is 34.0 Å². The van der Waals surface area contributed by atoms with Gasteiger partial charge in [-0.2, -0.15) is 0 Å². The molecule has 0 radical (unpaired) electrons. The van der Waals surface area contributed by atoms with Crippen molar-refractivity contribution in [1.29, 1.82) is 0 Å². The van der Waals surface area contributed by atoms with Gasteiger partial charge in [0.1, 0.15) is 0 Å². The van der Waals surface area contributed by atoms with Gasteiger partial charge >= 0.3 is 0 Å². The Labute approximate surface area is 149 Å². The third kappa shape index (κ3) is 3.41. The number of para-hydroxylation sites is 1. The molecule has 1 amide bonds. The summed E-state index contributed by atoms with van der Waals surface area (Å²) >= 11 is 5.72. The number of hydrogen-bond acceptors (Lipinski definition) is 2. The zero-order valence-electron chi connectivity index (χ0n) is 13.9. The first-order chi connectivity index (χ1) is 11.7. The third-order valence-electron chi connectivity index (χ3n) is 5.53. The molecule has 5 heteroatoms. The van der Waals surface area contributed by atoms with Crippen LogP contribution in [0.3, 0.4) is 0 Å². The number of carbonyl (C=O) groups excluding carboxylic acids is 1. The highest BCUT2D eigenvalue weighted by molar-refractivity contribution is 7.80. The Morgan fingerprint density at radius 1 is 1.04 bits per heavy atom. The fraction of sp³-hybridized carbons (Fsp3) is 0.579. The van der Waals surface area contributed by atoms with Gasteiger partial charge in [-0.15, -0.1) is 0 Å². The molecule has 2 aliphatic heterocycles. The molecule has 0 spiro atoms. The first-order valence-corrected chi connectivity index (χ1v) is 9.56. The monoisotopic (exact) mass is 343 g/mol. The van der Waals surface area contributed by atoms with Crippen molar-refractivity contribution < 1.29 is 4.79 Å². The van der Waals surface area contributed by atoms with Crippen LogP contribution in [0.5, 0.6) is 0 Å². The molecule has 1 aromatic rings. The number of nitrogens with one attached hydrogen (secondary N) is 2. The van der Waals surface area contributed by atoms with Crippen LogP contribution in [0.4, 0.5) is 5.69 Å². The Morgan fingerprint density at radius 2 is 1.71 bits per heavy atom. The molecule has 1 aliphatic carbocycles. The van der Waals surface area contributed by atoms with Crippen LogP contribution in [0.2, 0.25) is 0 Å². The highest BCUT2D eigenvalue weighted by Crippen LogP contribution is 2.36. The summed E-state index contributed by atoms with van der Waals surface area (Å²) < 4.78 is 0. The average Bonchev–Trinajstić information content (AvgIpc) is 3.40. The summed E-state index contributed by atoms with van der Waals surface area (Å²) in [4.78, 5) is 14.5. The number of thiocarbonyl (C=S) groups is 1. The van der Waals surface area contributed by atoms with E-state index in [1.54, 1.807) is 0 Å². The van der Waals surface area contributed by atoms with E-state index in [0.717, 1.165) is 36.5 Å². The minimum Gasteiger partial charge on any atom is -0.353 e. The number of carbonyl (C=O) groups is 1. The zero-order valence-corrected chi connectivity index (χ0v) is 14.7. The zero-order chi connectivity index (χ0) is 16.5. The Balaban J connectivity index is 1.41. The number of rotatable bonds is 3. The molecule has 0 aromatic heterocycles. The lowest BCUT2D eigenvalue weighted by molar-refractivity contribution is -0.123. The first kappa shape index (κ1) is 15.9. The van der Waals surface area contributed by atoms with Gasteiger partial charge in [-0.25, -0.2) is 0 Å². The van der Waals surface area contributed by atoms with Gasteiger partial charge in [0.15, 0.2) is 5.11 Å². The van der Waals surface area contributed by atoms with Crippen molar-refractivity contribution in [1.82, 2.24) is 10.2 Å². The Bertz CT molecular complexity index is 602. The molecule has 3 atom stereocenters. The third-order valence-corrected chi connectivity index (χ3v) is 5.84. The second-order valence-corrected chi connectivity index (χ2v) is 7.78. The highest BCUT2D eigenvalue weighted by Gasteiger charge is 2.41. The normalized spacial score (nSPS) is 29.0. The van der Waals surface area contributed by atoms with Gasteiger partial charge in [-0.3, -0.25) is 4.79 Å². The summed E-state index contributed by atoms with van der Waals surface area (Å²) in [6.07, 6.45) is 7.79. The predicted molar refractivity (Wildman–Crippen MR) is 99.8 cm³/mol. The van der Waals surface area contributed by atoms with E-state index in [1.165, 1.54) is 19.3 Å². The van der Waals surface area contributed by atoms with E-state index in [1.807, 2.05) is 30.3 Å². The van der Waals surface area contributed by atoms with Gasteiger partial charge in [-0.1, -0.05) is 18.2 Å². The number of amides is 1. The Hall–Kier alpha value is -1.62. The van der Waals surface area contributed by atoms with E-state index >= 15 is 0 Å². The van der Waals surface area contributed by atoms with E-state index in [0.29, 0.717) is 24.0 Å². The van der Waals surface area contributed by atoms with Gasteiger partial charge in [0.2, 0.25) is 5.91 Å². The van der Waals surface area contributed by atoms with Gasteiger partial charge in [-0.05, 0) is 69.3 Å². The van der Waals surface area contributed by atoms with Crippen molar-refractivity contribution in [2.75, 3.05) is 5.32 Å². The number of benzene rings is 1. The van der Waals surface area contributed by atoms with Crippen molar-refractivity contribution >= 4 is 28.9 Å². The van der Waals surface area contributed by atoms with Crippen molar-refractivity contribution in [2.24, 2.45) is 5.92 Å². The van der Waals surface area contributed by atoms with Crippen LogP contribution in [0.15, 0.2) is 30.3 Å². The maximum absolute atomic E-state index is 12.1. The van der Waals surface area contributed by atoms with E-state index in [4.69, 9.17) is 12.2 Å². The molecule has 3 aliphatic rings. The van der Waals surface area contributed by atoms with E-state index in [2.05, 4.69) is 15.5 Å². The summed E-state index contributed by atoms with van der Waals surface area (Å²) in [6, 6.07) is 11.4. The molecule has 128 valence electrons. The molecule has 4 rings (SSSR count). The number of piperidine rings is 2. The molecule has 2 N–H and O–H groups in total. The van der Waals surface area contributed by atoms with Crippen LogP contribution in [0.1, 0.15) is 44.9 Å². The number of hydrogen-bond donors (Lipinski definition) is 2. The molecule has 2 heterocycles. The van der Waals surface area contributed by atoms with Gasteiger partial charge < -0.3 is 15.5 Å². The van der Waals surface area contributed by atoms with Crippen LogP contribution >= 0.6 is 12.2 Å². The lowest BCUT2D eigenvalue weighted by Gasteiger charge is -2.50. The smallest absolute Gasteiger partial charge is 0.223 e. The quantitative estimate of drug-likeness (QED) is 0.827. The Kier molecular flexibility index (Phi) is 4.44. The second-order valence-electron chi connectivity index (χ2n) is 7.39. The number of fused-ring (bicyclic) bond motifs is 2. The molecular formula is C19H25N3OS. The fourth-order valence-electron chi connectivity index (χ4n) is 4.20. The maximum Gasteiger partial charge on any atom is 0.223 e. The molecule has 2 bridgehead atoms. The lowest BCUT2D eigenvalue weighted by Crippen LogP contribution is -2.59. The Morgan fingerprint density at radius 3 is 2.33 bits per heavy atom. The molecule has 2 saturated heterocycles. The van der Waals surface area contributed by atoms with E-state index < -0.39 is 0 Å². The maximum atomic E-state index is 12.1. The second kappa shape index (κ2) is 6.71. The van der Waals surface area contributed by atoms with Crippen molar-refractivity contribution in [3.63, 3.8) is 0 Å². The molecular weight excluding hydrogens is 318 g/mol. The van der Waals surface area contributed by atoms with Crippen molar-refractivity contribution in [3.8, 4) is 0 Å². The average molecular weight is 343 g/mol. The summed E-state index contributed by atoms with van der Waals surface area (Å²) in [7, 11) is 0. The van der Waals surface area contributed by atoms with Gasteiger partial charge in [0.05, 0.1) is 0 Å². The van der Waals surface area contributed by atoms with Crippen LogP contribution in [0, 0.1) is 5.92 Å². The molecule has 4 nitrogen and oxygen atoms in total. The predicted octanol–water partition coefficient (Wildman–Crippen LogP) is 3.30. The van der Waals surface area contributed by atoms with Crippen molar-refractivity contribution in [3.05, 3.63) is 30.3 Å². The van der Waals surface area contributed by atoms with Crippen LogP contribution < -0.4 is 10.6 Å². The minimum absolute atomic E-state index is 0.275. The SMILES string of the molecule is O=C(NC1C[C@H]2CCC[C@@H](C1)N2C(=S)Nc1ccccc1)C1CC1. The van der Waals surface area contributed by atoms with E-state index in [-0.39, 0.29) is 5.91 Å². The first-order valence-electron chi connectivity index (χ1n) is 9.15. The molecule has 1 saturated carbocycles. The standard InChI is InChI=1S/C19H25N3OS/c23-18(13-9-10-13)20-15-11-16-7-4-8-17(12-15)22(16)19(24)21-14-5-2-1-3-6-14/h1-3,5-6,13,15-17H,4,7-12H2,(H,20,23)(H,21,24)/t15?,16-,17+. The van der Waals surface area contributed by atoms with E-state index in [9.17, 15) is 4.79 Å². The van der Waals surface area contributed by atoms with Crippen LogP contribution in [-0.2, 0) is 4.79 Å². The number of anilines is 1. The topological polar surface area (TPSA) is 44.4 Å². The lowest BCUT2D eigenvalue weighted by atomic mass is 9.82. The van der Waals surface area contributed by atoms with Crippen LogP contribution in [0.25, 0.3) is 0 Å².